The molecule has 0 saturated heterocycles. The second-order valence-corrected chi connectivity index (χ2v) is 6.03. The predicted octanol–water partition coefficient (Wildman–Crippen LogP) is 3.59. The molecular formula is C13H15Cl2N5. The van der Waals surface area contributed by atoms with E-state index in [1.54, 1.807) is 12.1 Å². The molecule has 1 saturated carbocycles. The van der Waals surface area contributed by atoms with Gasteiger partial charge in [0.1, 0.15) is 0 Å². The summed E-state index contributed by atoms with van der Waals surface area (Å²) in [6.45, 7) is 2.14. The highest BCUT2D eigenvalue weighted by atomic mass is 35.5. The van der Waals surface area contributed by atoms with Crippen molar-refractivity contribution in [1.29, 1.82) is 0 Å². The largest absolute Gasteiger partial charge is 0.397 e. The maximum atomic E-state index is 6.08. The predicted molar refractivity (Wildman–Crippen MR) is 79.7 cm³/mol. The summed E-state index contributed by atoms with van der Waals surface area (Å²) in [6.07, 6.45) is 3.74. The Morgan fingerprint density at radius 3 is 2.70 bits per heavy atom. The van der Waals surface area contributed by atoms with E-state index in [-0.39, 0.29) is 6.04 Å². The Morgan fingerprint density at radius 2 is 2.10 bits per heavy atom. The normalized spacial score (nSPS) is 16.9. The number of nitrogens with zero attached hydrogens (tertiary/aromatic N) is 4. The lowest BCUT2D eigenvalue weighted by atomic mass is 9.80. The van der Waals surface area contributed by atoms with Crippen LogP contribution in [0.1, 0.15) is 32.2 Å². The van der Waals surface area contributed by atoms with Gasteiger partial charge in [-0.2, -0.15) is 0 Å². The van der Waals surface area contributed by atoms with E-state index in [0.717, 1.165) is 5.56 Å². The van der Waals surface area contributed by atoms with Crippen molar-refractivity contribution in [3.63, 3.8) is 0 Å². The second kappa shape index (κ2) is 5.22. The first-order chi connectivity index (χ1) is 9.58. The van der Waals surface area contributed by atoms with E-state index in [4.69, 9.17) is 28.9 Å². The zero-order valence-electron chi connectivity index (χ0n) is 11.1. The van der Waals surface area contributed by atoms with Crippen molar-refractivity contribution in [3.8, 4) is 11.4 Å². The molecule has 2 aromatic rings. The lowest BCUT2D eigenvalue weighted by Crippen LogP contribution is -2.24. The highest BCUT2D eigenvalue weighted by Crippen LogP contribution is 2.38. The quantitative estimate of drug-likeness (QED) is 0.879. The van der Waals surface area contributed by atoms with Crippen molar-refractivity contribution in [2.75, 3.05) is 5.73 Å². The molecule has 1 aliphatic carbocycles. The number of rotatable bonds is 3. The molecule has 1 heterocycles. The highest BCUT2D eigenvalue weighted by molar-refractivity contribution is 6.43. The first-order valence-corrected chi connectivity index (χ1v) is 7.36. The third-order valence-electron chi connectivity index (χ3n) is 4.03. The number of anilines is 1. The van der Waals surface area contributed by atoms with Gasteiger partial charge in [-0.3, -0.25) is 0 Å². The van der Waals surface area contributed by atoms with Gasteiger partial charge in [0.2, 0.25) is 0 Å². The third-order valence-corrected chi connectivity index (χ3v) is 4.84. The minimum atomic E-state index is 0.268. The van der Waals surface area contributed by atoms with E-state index >= 15 is 0 Å². The summed E-state index contributed by atoms with van der Waals surface area (Å²) < 4.78 is 1.85. The molecule has 1 fully saturated rings. The van der Waals surface area contributed by atoms with Crippen molar-refractivity contribution >= 4 is 28.9 Å². The number of benzene rings is 1. The molecule has 106 valence electrons. The molecule has 0 spiro atoms. The van der Waals surface area contributed by atoms with E-state index in [2.05, 4.69) is 22.4 Å². The highest BCUT2D eigenvalue weighted by Gasteiger charge is 2.28. The van der Waals surface area contributed by atoms with E-state index in [1.807, 2.05) is 4.68 Å². The van der Waals surface area contributed by atoms with E-state index in [1.165, 1.54) is 19.3 Å². The van der Waals surface area contributed by atoms with E-state index < -0.39 is 0 Å². The van der Waals surface area contributed by atoms with Crippen LogP contribution < -0.4 is 5.73 Å². The van der Waals surface area contributed by atoms with Gasteiger partial charge < -0.3 is 5.73 Å². The van der Waals surface area contributed by atoms with Gasteiger partial charge in [0.05, 0.1) is 21.8 Å². The van der Waals surface area contributed by atoms with Crippen LogP contribution in [0, 0.1) is 5.92 Å². The summed E-state index contributed by atoms with van der Waals surface area (Å²) in [5.41, 5.74) is 7.07. The molecular weight excluding hydrogens is 297 g/mol. The number of tetrazole rings is 1. The topological polar surface area (TPSA) is 69.6 Å². The van der Waals surface area contributed by atoms with Crippen LogP contribution in [0.4, 0.5) is 5.69 Å². The second-order valence-electron chi connectivity index (χ2n) is 5.24. The van der Waals surface area contributed by atoms with Gasteiger partial charge >= 0.3 is 0 Å². The average Bonchev–Trinajstić information content (AvgIpc) is 2.82. The molecule has 1 aromatic heterocycles. The van der Waals surface area contributed by atoms with Crippen LogP contribution in [-0.4, -0.2) is 20.2 Å². The molecule has 1 atom stereocenters. The van der Waals surface area contributed by atoms with Crippen LogP contribution in [0.15, 0.2) is 12.1 Å². The van der Waals surface area contributed by atoms with E-state index in [0.29, 0.717) is 27.5 Å². The molecule has 1 aromatic carbocycles. The molecule has 7 heteroatoms. The fourth-order valence-corrected chi connectivity index (χ4v) is 2.86. The number of aromatic nitrogens is 4. The molecule has 1 aliphatic rings. The maximum Gasteiger partial charge on any atom is 0.182 e. The number of nitrogen functional groups attached to an aromatic ring is 1. The average molecular weight is 312 g/mol. The maximum absolute atomic E-state index is 6.08. The lowest BCUT2D eigenvalue weighted by molar-refractivity contribution is 0.210. The van der Waals surface area contributed by atoms with Gasteiger partial charge in [-0.25, -0.2) is 4.68 Å². The van der Waals surface area contributed by atoms with Crippen LogP contribution in [0.25, 0.3) is 11.4 Å². The van der Waals surface area contributed by atoms with Crippen LogP contribution in [0.5, 0.6) is 0 Å². The smallest absolute Gasteiger partial charge is 0.182 e. The molecule has 0 bridgehead atoms. The standard InChI is InChI=1S/C13H15Cl2N5/c1-7(8-3-2-4-8)20-13(17-18-19-20)9-5-10(14)12(15)11(16)6-9/h5-8H,2-4,16H2,1H3. The Bertz CT molecular complexity index is 612. The summed E-state index contributed by atoms with van der Waals surface area (Å²) in [4.78, 5) is 0. The van der Waals surface area contributed by atoms with Crippen molar-refractivity contribution in [2.24, 2.45) is 5.92 Å². The summed E-state index contributed by atoms with van der Waals surface area (Å²) in [5.74, 6) is 1.31. The molecule has 1 unspecified atom stereocenters. The Morgan fingerprint density at radius 1 is 1.35 bits per heavy atom. The molecule has 0 amide bonds. The van der Waals surface area contributed by atoms with Crippen LogP contribution >= 0.6 is 23.2 Å². The SMILES string of the molecule is CC(C1CCC1)n1nnnc1-c1cc(N)c(Cl)c(Cl)c1. The van der Waals surface area contributed by atoms with E-state index in [9.17, 15) is 0 Å². The summed E-state index contributed by atoms with van der Waals surface area (Å²) in [7, 11) is 0. The zero-order chi connectivity index (χ0) is 14.3. The van der Waals surface area contributed by atoms with Crippen LogP contribution in [0.2, 0.25) is 10.0 Å². The Balaban J connectivity index is 2.00. The molecule has 20 heavy (non-hydrogen) atoms. The van der Waals surface area contributed by atoms with Crippen molar-refractivity contribution in [3.05, 3.63) is 22.2 Å². The van der Waals surface area contributed by atoms with Gasteiger partial charge in [-0.05, 0) is 48.2 Å². The van der Waals surface area contributed by atoms with Crippen LogP contribution in [-0.2, 0) is 0 Å². The van der Waals surface area contributed by atoms with Crippen molar-refractivity contribution < 1.29 is 0 Å². The summed E-state index contributed by atoms with van der Waals surface area (Å²) >= 11 is 12.1. The summed E-state index contributed by atoms with van der Waals surface area (Å²) in [5, 5.41) is 12.8. The first kappa shape index (κ1) is 13.6. The Labute approximate surface area is 127 Å². The minimum Gasteiger partial charge on any atom is -0.397 e. The molecule has 3 rings (SSSR count). The molecule has 5 nitrogen and oxygen atoms in total. The third kappa shape index (κ3) is 2.25. The monoisotopic (exact) mass is 311 g/mol. The first-order valence-electron chi connectivity index (χ1n) is 6.60. The lowest BCUT2D eigenvalue weighted by Gasteiger charge is -2.31. The fourth-order valence-electron chi connectivity index (χ4n) is 2.52. The van der Waals surface area contributed by atoms with Gasteiger partial charge in [0.25, 0.3) is 0 Å². The van der Waals surface area contributed by atoms with Crippen LogP contribution in [0.3, 0.4) is 0 Å². The number of hydrogen-bond donors (Lipinski definition) is 1. The fraction of sp³-hybridized carbons (Fsp3) is 0.462. The zero-order valence-corrected chi connectivity index (χ0v) is 12.6. The Kier molecular flexibility index (Phi) is 3.56. The molecule has 0 radical (unpaired) electrons. The number of halogens is 2. The molecule has 2 N–H and O–H groups in total. The number of nitrogens with two attached hydrogens (primary N) is 1. The van der Waals surface area contributed by atoms with Gasteiger partial charge in [-0.1, -0.05) is 29.6 Å². The van der Waals surface area contributed by atoms with Crippen molar-refractivity contribution in [2.45, 2.75) is 32.2 Å². The Hall–Kier alpha value is -1.33. The number of hydrogen-bond acceptors (Lipinski definition) is 4. The van der Waals surface area contributed by atoms with Gasteiger partial charge in [0.15, 0.2) is 5.82 Å². The summed E-state index contributed by atoms with van der Waals surface area (Å²) in [6, 6.07) is 3.77. The van der Waals surface area contributed by atoms with Gasteiger partial charge in [0, 0.05) is 5.56 Å². The minimum absolute atomic E-state index is 0.268. The van der Waals surface area contributed by atoms with Crippen molar-refractivity contribution in [1.82, 2.24) is 20.2 Å². The molecule has 0 aliphatic heterocycles. The van der Waals surface area contributed by atoms with Gasteiger partial charge in [-0.15, -0.1) is 5.10 Å².